The van der Waals surface area contributed by atoms with E-state index in [1.807, 2.05) is 62.5 Å². The van der Waals surface area contributed by atoms with E-state index in [4.69, 9.17) is 0 Å². The lowest BCUT2D eigenvalue weighted by Crippen LogP contribution is -2.53. The smallest absolute Gasteiger partial charge is 0.230 e. The number of pyridine rings is 1. The van der Waals surface area contributed by atoms with Crippen molar-refractivity contribution in [3.8, 4) is 0 Å². The van der Waals surface area contributed by atoms with Gasteiger partial charge in [-0.15, -0.1) is 0 Å². The van der Waals surface area contributed by atoms with E-state index in [1.54, 1.807) is 0 Å². The minimum absolute atomic E-state index is 0.0482. The molecule has 3 aromatic rings. The van der Waals surface area contributed by atoms with Crippen LogP contribution in [0.2, 0.25) is 0 Å². The third-order valence-corrected chi connectivity index (χ3v) is 7.68. The van der Waals surface area contributed by atoms with Crippen LogP contribution >= 0.6 is 0 Å². The lowest BCUT2D eigenvalue weighted by atomic mass is 9.76. The maximum Gasteiger partial charge on any atom is 0.230 e. The summed E-state index contributed by atoms with van der Waals surface area (Å²) in [6.45, 7) is 9.60. The van der Waals surface area contributed by atoms with Gasteiger partial charge in [0.15, 0.2) is 0 Å². The van der Waals surface area contributed by atoms with E-state index in [1.165, 1.54) is 12.8 Å². The quantitative estimate of drug-likeness (QED) is 0.486. The number of nitrogens with one attached hydrogen (secondary N) is 2. The summed E-state index contributed by atoms with van der Waals surface area (Å²) in [5.74, 6) is 1.40. The molecule has 1 fully saturated rings. The summed E-state index contributed by atoms with van der Waals surface area (Å²) in [6, 6.07) is 20.4. The summed E-state index contributed by atoms with van der Waals surface area (Å²) in [5.41, 5.74) is 2.49. The number of carbonyl (C=O) groups is 1. The van der Waals surface area contributed by atoms with Gasteiger partial charge in [0.25, 0.3) is 0 Å². The standard InChI is InChI=1S/C29H37N3O/c1-5-20-18-26(31-19-21(20)6-2)27(24-16-17-30-25-15-11-10-14-23(24)25)32-28(33)29(3,4)22-12-8-7-9-13-22/h7-17,20-21,26-27,31H,5-6,18-19H2,1-4H3,(H,32,33)/t20-,21-,26+,27+/m0/s1. The highest BCUT2D eigenvalue weighted by atomic mass is 16.2. The van der Waals surface area contributed by atoms with Crippen molar-refractivity contribution in [3.63, 3.8) is 0 Å². The fourth-order valence-corrected chi connectivity index (χ4v) is 5.39. The van der Waals surface area contributed by atoms with Crippen LogP contribution < -0.4 is 10.6 Å². The SMILES string of the molecule is CC[C@H]1CN[C@@H]([C@H](NC(=O)C(C)(C)c2ccccc2)c2ccnc3ccccc23)C[C@@H]1CC. The monoisotopic (exact) mass is 443 g/mol. The molecule has 4 heteroatoms. The van der Waals surface area contributed by atoms with Crippen LogP contribution in [0.4, 0.5) is 0 Å². The Kier molecular flexibility index (Phi) is 7.14. The first-order chi connectivity index (χ1) is 16.0. The first-order valence-electron chi connectivity index (χ1n) is 12.4. The van der Waals surface area contributed by atoms with E-state index in [-0.39, 0.29) is 18.0 Å². The second kappa shape index (κ2) is 10.0. The Morgan fingerprint density at radius 2 is 1.73 bits per heavy atom. The predicted octanol–water partition coefficient (Wildman–Crippen LogP) is 5.78. The molecule has 4 nitrogen and oxygen atoms in total. The molecule has 174 valence electrons. The Balaban J connectivity index is 1.71. The molecule has 33 heavy (non-hydrogen) atoms. The first kappa shape index (κ1) is 23.4. The Hall–Kier alpha value is -2.72. The zero-order valence-electron chi connectivity index (χ0n) is 20.3. The minimum atomic E-state index is -0.632. The summed E-state index contributed by atoms with van der Waals surface area (Å²) in [7, 11) is 0. The van der Waals surface area contributed by atoms with Gasteiger partial charge < -0.3 is 10.6 Å². The van der Waals surface area contributed by atoms with Crippen molar-refractivity contribution < 1.29 is 4.79 Å². The molecular formula is C29H37N3O. The van der Waals surface area contributed by atoms with Crippen molar-refractivity contribution in [2.75, 3.05) is 6.54 Å². The summed E-state index contributed by atoms with van der Waals surface area (Å²) in [6.07, 6.45) is 5.29. The molecule has 0 aliphatic carbocycles. The van der Waals surface area contributed by atoms with Gasteiger partial charge in [0.2, 0.25) is 5.91 Å². The van der Waals surface area contributed by atoms with Crippen molar-refractivity contribution in [1.82, 2.24) is 15.6 Å². The number of carbonyl (C=O) groups excluding carboxylic acids is 1. The van der Waals surface area contributed by atoms with Gasteiger partial charge >= 0.3 is 0 Å². The molecule has 0 saturated carbocycles. The number of amides is 1. The van der Waals surface area contributed by atoms with Gasteiger partial charge in [-0.1, -0.05) is 75.2 Å². The Morgan fingerprint density at radius 1 is 1.03 bits per heavy atom. The van der Waals surface area contributed by atoms with Crippen molar-refractivity contribution in [3.05, 3.63) is 78.0 Å². The number of rotatable bonds is 7. The maximum atomic E-state index is 13.7. The van der Waals surface area contributed by atoms with Crippen LogP contribution in [0.3, 0.4) is 0 Å². The predicted molar refractivity (Wildman–Crippen MR) is 136 cm³/mol. The number of piperidine rings is 1. The topological polar surface area (TPSA) is 54.0 Å². The van der Waals surface area contributed by atoms with Gasteiger partial charge in [0.05, 0.1) is 17.0 Å². The molecule has 2 N–H and O–H groups in total. The molecule has 4 rings (SSSR count). The molecule has 4 atom stereocenters. The summed E-state index contributed by atoms with van der Waals surface area (Å²) >= 11 is 0. The lowest BCUT2D eigenvalue weighted by Gasteiger charge is -2.41. The molecule has 1 saturated heterocycles. The third kappa shape index (κ3) is 4.81. The molecule has 0 unspecified atom stereocenters. The number of benzene rings is 2. The highest BCUT2D eigenvalue weighted by Crippen LogP contribution is 2.35. The van der Waals surface area contributed by atoms with Gasteiger partial charge in [-0.3, -0.25) is 9.78 Å². The zero-order valence-corrected chi connectivity index (χ0v) is 20.3. The molecule has 2 aromatic carbocycles. The van der Waals surface area contributed by atoms with Crippen molar-refractivity contribution in [1.29, 1.82) is 0 Å². The second-order valence-corrected chi connectivity index (χ2v) is 9.95. The van der Waals surface area contributed by atoms with Crippen molar-refractivity contribution in [2.45, 2.75) is 64.5 Å². The van der Waals surface area contributed by atoms with E-state index in [9.17, 15) is 4.79 Å². The molecule has 2 heterocycles. The largest absolute Gasteiger partial charge is 0.347 e. The minimum Gasteiger partial charge on any atom is -0.347 e. The number of hydrogen-bond acceptors (Lipinski definition) is 3. The van der Waals surface area contributed by atoms with E-state index < -0.39 is 5.41 Å². The van der Waals surface area contributed by atoms with E-state index >= 15 is 0 Å². The number of hydrogen-bond donors (Lipinski definition) is 2. The van der Waals surface area contributed by atoms with Crippen LogP contribution in [-0.2, 0) is 10.2 Å². The summed E-state index contributed by atoms with van der Waals surface area (Å²) < 4.78 is 0. The highest BCUT2D eigenvalue weighted by molar-refractivity contribution is 5.89. The molecule has 1 amide bonds. The van der Waals surface area contributed by atoms with Gasteiger partial charge in [-0.25, -0.2) is 0 Å². The second-order valence-electron chi connectivity index (χ2n) is 9.95. The van der Waals surface area contributed by atoms with Gasteiger partial charge in [0.1, 0.15) is 0 Å². The molecule has 1 aliphatic heterocycles. The van der Waals surface area contributed by atoms with Crippen LogP contribution in [0.1, 0.15) is 64.1 Å². The van der Waals surface area contributed by atoms with Crippen LogP contribution in [0.15, 0.2) is 66.9 Å². The van der Waals surface area contributed by atoms with Crippen LogP contribution in [0, 0.1) is 11.8 Å². The lowest BCUT2D eigenvalue weighted by molar-refractivity contribution is -0.126. The number of fused-ring (bicyclic) bond motifs is 1. The van der Waals surface area contributed by atoms with E-state index in [2.05, 4.69) is 47.7 Å². The zero-order chi connectivity index (χ0) is 23.4. The van der Waals surface area contributed by atoms with Crippen molar-refractivity contribution >= 4 is 16.8 Å². The summed E-state index contributed by atoms with van der Waals surface area (Å²) in [5, 5.41) is 8.40. The van der Waals surface area contributed by atoms with E-state index in [0.717, 1.165) is 35.0 Å². The number of para-hydroxylation sites is 1. The molecule has 1 aliphatic rings. The average molecular weight is 444 g/mol. The molecule has 0 bridgehead atoms. The third-order valence-electron chi connectivity index (χ3n) is 7.68. The van der Waals surface area contributed by atoms with Gasteiger partial charge in [0, 0.05) is 17.6 Å². The Bertz CT molecular complexity index is 1070. The van der Waals surface area contributed by atoms with Gasteiger partial charge in [-0.05, 0) is 61.9 Å². The van der Waals surface area contributed by atoms with Crippen LogP contribution in [0.5, 0.6) is 0 Å². The Morgan fingerprint density at radius 3 is 2.45 bits per heavy atom. The summed E-state index contributed by atoms with van der Waals surface area (Å²) in [4.78, 5) is 18.3. The molecule has 0 radical (unpaired) electrons. The maximum absolute atomic E-state index is 13.7. The van der Waals surface area contributed by atoms with Gasteiger partial charge in [-0.2, -0.15) is 0 Å². The van der Waals surface area contributed by atoms with Crippen LogP contribution in [0.25, 0.3) is 10.9 Å². The highest BCUT2D eigenvalue weighted by Gasteiger charge is 2.37. The Labute approximate surface area is 198 Å². The molecule has 0 spiro atoms. The molecule has 1 aromatic heterocycles. The number of nitrogens with zero attached hydrogens (tertiary/aromatic N) is 1. The normalized spacial score (nSPS) is 22.1. The first-order valence-corrected chi connectivity index (χ1v) is 12.4. The fourth-order valence-electron chi connectivity index (χ4n) is 5.39. The molecular weight excluding hydrogens is 406 g/mol. The average Bonchev–Trinajstić information content (AvgIpc) is 2.87. The van der Waals surface area contributed by atoms with Crippen LogP contribution in [-0.4, -0.2) is 23.5 Å². The number of aromatic nitrogens is 1. The van der Waals surface area contributed by atoms with E-state index in [0.29, 0.717) is 11.8 Å². The van der Waals surface area contributed by atoms with Crippen molar-refractivity contribution in [2.24, 2.45) is 11.8 Å². The fraction of sp³-hybridized carbons (Fsp3) is 0.448.